The fourth-order valence-electron chi connectivity index (χ4n) is 9.24. The summed E-state index contributed by atoms with van der Waals surface area (Å²) in [4.78, 5) is 0. The molecule has 0 fully saturated rings. The maximum Gasteiger partial charge on any atom is -0.00132 e. The molecule has 0 radical (unpaired) electrons. The maximum atomic E-state index is 2.43. The summed E-state index contributed by atoms with van der Waals surface area (Å²) < 4.78 is 0. The summed E-state index contributed by atoms with van der Waals surface area (Å²) >= 11 is 0. The smallest absolute Gasteiger partial charge is 0.00132 e. The van der Waals surface area contributed by atoms with E-state index in [4.69, 9.17) is 0 Å². The number of fused-ring (bicyclic) bond motifs is 7. The van der Waals surface area contributed by atoms with Crippen LogP contribution in [0.3, 0.4) is 0 Å². The van der Waals surface area contributed by atoms with Crippen molar-refractivity contribution in [3.05, 3.63) is 192 Å². The number of rotatable bonds is 5. The van der Waals surface area contributed by atoms with Crippen molar-refractivity contribution >= 4 is 32.3 Å². The van der Waals surface area contributed by atoms with Crippen LogP contribution in [0.5, 0.6) is 0 Å². The van der Waals surface area contributed by atoms with Gasteiger partial charge in [-0.25, -0.2) is 0 Å². The first kappa shape index (κ1) is 27.7. The summed E-state index contributed by atoms with van der Waals surface area (Å²) in [5.41, 5.74) is 19.0. The SMILES string of the molecule is c1ccc(Cc2c3c(c(Cc4ccccc4)c4ccccc24)-c2ccc(-c4ccc5c6c(cccc46)-c4ccccc4-5)c4cccc-3c24)cc1. The Bertz CT molecular complexity index is 2720. The highest BCUT2D eigenvalue weighted by Crippen LogP contribution is 2.56. The molecule has 0 nitrogen and oxygen atoms in total. The van der Waals surface area contributed by atoms with Gasteiger partial charge < -0.3 is 0 Å². The van der Waals surface area contributed by atoms with Crippen molar-refractivity contribution < 1.29 is 0 Å². The molecule has 2 aliphatic rings. The zero-order valence-corrected chi connectivity index (χ0v) is 27.6. The molecule has 0 bridgehead atoms. The molecular weight excluding hydrogens is 601 g/mol. The molecule has 0 N–H and O–H groups in total. The van der Waals surface area contributed by atoms with Crippen molar-refractivity contribution in [2.45, 2.75) is 12.8 Å². The van der Waals surface area contributed by atoms with Crippen molar-refractivity contribution in [3.8, 4) is 55.6 Å². The quantitative estimate of drug-likeness (QED) is 0.177. The minimum Gasteiger partial charge on any atom is -0.0622 e. The molecule has 0 spiro atoms. The highest BCUT2D eigenvalue weighted by Gasteiger charge is 2.31. The summed E-state index contributed by atoms with van der Waals surface area (Å²) in [5, 5.41) is 8.13. The van der Waals surface area contributed by atoms with E-state index in [1.165, 1.54) is 110 Å². The molecule has 0 aliphatic heterocycles. The average molecular weight is 633 g/mol. The van der Waals surface area contributed by atoms with Crippen molar-refractivity contribution in [3.63, 3.8) is 0 Å². The lowest BCUT2D eigenvalue weighted by Crippen LogP contribution is -2.00. The summed E-state index contributed by atoms with van der Waals surface area (Å²) in [6.07, 6.45) is 1.78. The molecule has 0 aromatic heterocycles. The van der Waals surface area contributed by atoms with Crippen LogP contribution in [0.1, 0.15) is 22.3 Å². The van der Waals surface area contributed by atoms with Crippen molar-refractivity contribution in [2.75, 3.05) is 0 Å². The van der Waals surface area contributed by atoms with E-state index in [2.05, 4.69) is 170 Å². The van der Waals surface area contributed by atoms with Gasteiger partial charge in [-0.2, -0.15) is 0 Å². The molecule has 11 rings (SSSR count). The lowest BCUT2D eigenvalue weighted by atomic mass is 9.83. The van der Waals surface area contributed by atoms with E-state index in [1.54, 1.807) is 0 Å². The molecule has 0 amide bonds. The summed E-state index contributed by atoms with van der Waals surface area (Å²) in [5.74, 6) is 0. The van der Waals surface area contributed by atoms with Crippen LogP contribution in [-0.2, 0) is 12.8 Å². The molecular formula is C50H32. The second-order valence-electron chi connectivity index (χ2n) is 13.9. The van der Waals surface area contributed by atoms with Gasteiger partial charge in [0.2, 0.25) is 0 Å². The average Bonchev–Trinajstić information content (AvgIpc) is 3.69. The molecule has 9 aromatic rings. The second kappa shape index (κ2) is 10.6. The molecule has 0 heterocycles. The Morgan fingerprint density at radius 2 is 0.600 bits per heavy atom. The lowest BCUT2D eigenvalue weighted by molar-refractivity contribution is 1.19. The zero-order chi connectivity index (χ0) is 32.8. The Morgan fingerprint density at radius 3 is 1.16 bits per heavy atom. The number of benzene rings is 9. The highest BCUT2D eigenvalue weighted by molar-refractivity contribution is 6.25. The van der Waals surface area contributed by atoms with Gasteiger partial charge in [0.05, 0.1) is 0 Å². The molecule has 9 aromatic carbocycles. The standard InChI is InChI=1S/C50H32/c1-3-13-31(14-4-1)29-45-35-19-9-10-20-36(35)46(30-32-15-5-2-6-16-32)50-44-28-26-38(41-23-12-24-43(48(41)44)49(45)50)37-25-27-42-34-18-8-7-17-33(34)39-21-11-22-40(37)47(39)42/h1-28H,29-30H2. The monoisotopic (exact) mass is 632 g/mol. The first-order valence-corrected chi connectivity index (χ1v) is 17.7. The zero-order valence-electron chi connectivity index (χ0n) is 27.6. The van der Waals surface area contributed by atoms with Crippen molar-refractivity contribution in [1.29, 1.82) is 0 Å². The van der Waals surface area contributed by atoms with E-state index in [9.17, 15) is 0 Å². The third kappa shape index (κ3) is 3.88. The minimum absolute atomic E-state index is 0.891. The van der Waals surface area contributed by atoms with E-state index in [0.717, 1.165) is 12.8 Å². The fraction of sp³-hybridized carbons (Fsp3) is 0.0400. The Hall–Kier alpha value is -6.24. The van der Waals surface area contributed by atoms with Crippen LogP contribution < -0.4 is 0 Å². The third-order valence-corrected chi connectivity index (χ3v) is 11.3. The van der Waals surface area contributed by atoms with Crippen LogP contribution >= 0.6 is 0 Å². The topological polar surface area (TPSA) is 0 Å². The van der Waals surface area contributed by atoms with E-state index in [0.29, 0.717) is 0 Å². The Morgan fingerprint density at radius 1 is 0.240 bits per heavy atom. The number of hydrogen-bond acceptors (Lipinski definition) is 0. The molecule has 0 unspecified atom stereocenters. The Labute approximate surface area is 291 Å². The largest absolute Gasteiger partial charge is 0.0622 e. The maximum absolute atomic E-state index is 2.43. The fourth-order valence-corrected chi connectivity index (χ4v) is 9.24. The van der Waals surface area contributed by atoms with Gasteiger partial charge in [-0.3, -0.25) is 0 Å². The van der Waals surface area contributed by atoms with Gasteiger partial charge in [0.15, 0.2) is 0 Å². The molecule has 0 heteroatoms. The van der Waals surface area contributed by atoms with Gasteiger partial charge in [0.1, 0.15) is 0 Å². The first-order chi connectivity index (χ1) is 24.8. The van der Waals surface area contributed by atoms with Gasteiger partial charge >= 0.3 is 0 Å². The molecule has 232 valence electrons. The van der Waals surface area contributed by atoms with Crippen LogP contribution in [-0.4, -0.2) is 0 Å². The predicted octanol–water partition coefficient (Wildman–Crippen LogP) is 13.3. The molecule has 0 atom stereocenters. The molecule has 2 aliphatic carbocycles. The summed E-state index contributed by atoms with van der Waals surface area (Å²) in [7, 11) is 0. The molecule has 0 saturated heterocycles. The molecule has 50 heavy (non-hydrogen) atoms. The van der Waals surface area contributed by atoms with Gasteiger partial charge in [-0.1, -0.05) is 170 Å². The lowest BCUT2D eigenvalue weighted by Gasteiger charge is -2.20. The number of hydrogen-bond donors (Lipinski definition) is 0. The highest BCUT2D eigenvalue weighted by atomic mass is 14.3. The Balaban J connectivity index is 1.20. The van der Waals surface area contributed by atoms with Crippen LogP contribution in [0, 0.1) is 0 Å². The molecule has 0 saturated carbocycles. The van der Waals surface area contributed by atoms with E-state index >= 15 is 0 Å². The third-order valence-electron chi connectivity index (χ3n) is 11.3. The summed E-state index contributed by atoms with van der Waals surface area (Å²) in [6, 6.07) is 63.4. The van der Waals surface area contributed by atoms with Crippen LogP contribution in [0.4, 0.5) is 0 Å². The van der Waals surface area contributed by atoms with E-state index in [-0.39, 0.29) is 0 Å². The predicted molar refractivity (Wildman–Crippen MR) is 212 cm³/mol. The van der Waals surface area contributed by atoms with Gasteiger partial charge in [0.25, 0.3) is 0 Å². The summed E-state index contributed by atoms with van der Waals surface area (Å²) in [6.45, 7) is 0. The first-order valence-electron chi connectivity index (χ1n) is 17.7. The normalized spacial score (nSPS) is 12.2. The van der Waals surface area contributed by atoms with E-state index < -0.39 is 0 Å². The second-order valence-corrected chi connectivity index (χ2v) is 13.9. The van der Waals surface area contributed by atoms with Gasteiger partial charge in [0, 0.05) is 0 Å². The van der Waals surface area contributed by atoms with Crippen molar-refractivity contribution in [2.24, 2.45) is 0 Å². The minimum atomic E-state index is 0.891. The van der Waals surface area contributed by atoms with Crippen LogP contribution in [0.2, 0.25) is 0 Å². The van der Waals surface area contributed by atoms with Gasteiger partial charge in [-0.05, 0) is 123 Å². The van der Waals surface area contributed by atoms with Crippen LogP contribution in [0.15, 0.2) is 170 Å². The van der Waals surface area contributed by atoms with Crippen molar-refractivity contribution in [1.82, 2.24) is 0 Å². The van der Waals surface area contributed by atoms with E-state index in [1.807, 2.05) is 0 Å². The van der Waals surface area contributed by atoms with Crippen LogP contribution in [0.25, 0.3) is 88.0 Å². The van der Waals surface area contributed by atoms with Gasteiger partial charge in [-0.15, -0.1) is 0 Å². The Kier molecular flexibility index (Phi) is 5.89.